The number of fused-ring (bicyclic) bond motifs is 1. The Kier molecular flexibility index (Phi) is 5.16. The Balaban J connectivity index is 1.83. The van der Waals surface area contributed by atoms with Crippen molar-refractivity contribution >= 4 is 11.6 Å². The summed E-state index contributed by atoms with van der Waals surface area (Å²) in [5, 5.41) is 3.02. The van der Waals surface area contributed by atoms with Crippen LogP contribution in [0.4, 0.5) is 14.7 Å². The smallest absolute Gasteiger partial charge is 0.319 e. The van der Waals surface area contributed by atoms with Crippen molar-refractivity contribution in [3.63, 3.8) is 0 Å². The fourth-order valence-electron chi connectivity index (χ4n) is 4.16. The lowest BCUT2D eigenvalue weighted by Crippen LogP contribution is -2.44. The number of nitrogens with zero attached hydrogens (tertiary/aromatic N) is 4. The van der Waals surface area contributed by atoms with Crippen LogP contribution in [0.15, 0.2) is 65.5 Å². The number of hydrogen-bond acceptors (Lipinski definition) is 4. The fourth-order valence-corrected chi connectivity index (χ4v) is 4.16. The lowest BCUT2D eigenvalue weighted by Gasteiger charge is -2.10. The normalized spacial score (nSPS) is 11.3. The minimum Gasteiger partial charge on any atom is -0.319 e. The SMILES string of the molecule is Cc1cc(-c2c(-c3ccccc3)nc(N)[n+]3c(=O)n(Cc4c(F)cccc4F)[nH]c23)cc(C)n1. The van der Waals surface area contributed by atoms with Crippen LogP contribution in [0.1, 0.15) is 17.0 Å². The molecule has 0 saturated heterocycles. The third-order valence-electron chi connectivity index (χ3n) is 5.61. The molecule has 0 fully saturated rings. The summed E-state index contributed by atoms with van der Waals surface area (Å²) in [5.41, 5.74) is 10.1. The van der Waals surface area contributed by atoms with E-state index in [0.29, 0.717) is 16.9 Å². The van der Waals surface area contributed by atoms with Gasteiger partial charge in [-0.25, -0.2) is 18.7 Å². The highest BCUT2D eigenvalue weighted by Gasteiger charge is 2.26. The summed E-state index contributed by atoms with van der Waals surface area (Å²) >= 11 is 0. The number of aromatic amines is 1. The molecule has 3 heterocycles. The number of nitrogen functional groups attached to an aromatic ring is 1. The average Bonchev–Trinajstić information content (AvgIpc) is 3.12. The van der Waals surface area contributed by atoms with Crippen molar-refractivity contribution in [2.75, 3.05) is 5.73 Å². The highest BCUT2D eigenvalue weighted by Crippen LogP contribution is 2.33. The molecule has 9 heteroatoms. The quantitative estimate of drug-likeness (QED) is 0.402. The maximum atomic E-state index is 14.3. The highest BCUT2D eigenvalue weighted by atomic mass is 19.1. The number of hydrogen-bond donors (Lipinski definition) is 2. The zero-order valence-electron chi connectivity index (χ0n) is 18.5. The molecule has 0 unspecified atom stereocenters. The second kappa shape index (κ2) is 8.18. The zero-order chi connectivity index (χ0) is 24.0. The first-order valence-corrected chi connectivity index (χ1v) is 10.6. The van der Waals surface area contributed by atoms with E-state index in [2.05, 4.69) is 15.1 Å². The van der Waals surface area contributed by atoms with E-state index in [9.17, 15) is 13.6 Å². The number of halogens is 2. The van der Waals surface area contributed by atoms with E-state index in [-0.39, 0.29) is 18.1 Å². The molecule has 170 valence electrons. The molecule has 5 aromatic rings. The molecule has 7 nitrogen and oxygen atoms in total. The largest absolute Gasteiger partial charge is 0.428 e. The first kappa shape index (κ1) is 21.4. The van der Waals surface area contributed by atoms with Crippen LogP contribution in [0.25, 0.3) is 28.0 Å². The second-order valence-corrected chi connectivity index (χ2v) is 8.06. The van der Waals surface area contributed by atoms with Crippen molar-refractivity contribution in [1.29, 1.82) is 0 Å². The number of anilines is 1. The topological polar surface area (TPSA) is 93.7 Å². The number of rotatable bonds is 4. The van der Waals surface area contributed by atoms with Gasteiger partial charge in [-0.3, -0.25) is 4.98 Å². The maximum absolute atomic E-state index is 14.3. The Morgan fingerprint density at radius 3 is 2.24 bits per heavy atom. The number of nitrogens with two attached hydrogens (primary N) is 1. The Morgan fingerprint density at radius 1 is 0.941 bits per heavy atom. The summed E-state index contributed by atoms with van der Waals surface area (Å²) < 4.78 is 30.9. The van der Waals surface area contributed by atoms with Gasteiger partial charge in [-0.15, -0.1) is 9.38 Å². The van der Waals surface area contributed by atoms with Gasteiger partial charge in [-0.2, -0.15) is 4.68 Å². The number of nitrogens with one attached hydrogen (secondary N) is 1. The molecule has 0 spiro atoms. The lowest BCUT2D eigenvalue weighted by molar-refractivity contribution is -0.516. The molecular weight excluding hydrogens is 438 g/mol. The van der Waals surface area contributed by atoms with Gasteiger partial charge in [0.05, 0.1) is 11.1 Å². The summed E-state index contributed by atoms with van der Waals surface area (Å²) in [4.78, 5) is 22.3. The van der Waals surface area contributed by atoms with E-state index >= 15 is 0 Å². The van der Waals surface area contributed by atoms with E-state index in [0.717, 1.165) is 39.3 Å². The number of aryl methyl sites for hydroxylation is 2. The molecule has 2 aromatic carbocycles. The molecule has 0 aliphatic rings. The molecule has 0 amide bonds. The predicted molar refractivity (Wildman–Crippen MR) is 124 cm³/mol. The lowest BCUT2D eigenvalue weighted by atomic mass is 9.99. The Labute approximate surface area is 193 Å². The van der Waals surface area contributed by atoms with Gasteiger partial charge in [0.1, 0.15) is 23.9 Å². The van der Waals surface area contributed by atoms with Crippen molar-refractivity contribution in [1.82, 2.24) is 19.7 Å². The van der Waals surface area contributed by atoms with Gasteiger partial charge in [0, 0.05) is 17.0 Å². The van der Waals surface area contributed by atoms with Crippen LogP contribution in [-0.2, 0) is 6.54 Å². The Bertz CT molecular complexity index is 1570. The monoisotopic (exact) mass is 459 g/mol. The van der Waals surface area contributed by atoms with Gasteiger partial charge >= 0.3 is 11.6 Å². The minimum atomic E-state index is -0.743. The molecule has 0 radical (unpaired) electrons. The van der Waals surface area contributed by atoms with E-state index in [1.807, 2.05) is 56.3 Å². The maximum Gasteiger partial charge on any atom is 0.428 e. The molecule has 0 bridgehead atoms. The summed E-state index contributed by atoms with van der Waals surface area (Å²) in [7, 11) is 0. The van der Waals surface area contributed by atoms with Crippen LogP contribution < -0.4 is 15.8 Å². The van der Waals surface area contributed by atoms with Crippen LogP contribution in [-0.4, -0.2) is 19.7 Å². The van der Waals surface area contributed by atoms with Crippen LogP contribution in [0.5, 0.6) is 0 Å². The average molecular weight is 459 g/mol. The zero-order valence-corrected chi connectivity index (χ0v) is 18.5. The van der Waals surface area contributed by atoms with Gasteiger partial charge < -0.3 is 5.73 Å². The number of H-pyrrole nitrogens is 1. The fraction of sp³-hybridized carbons (Fsp3) is 0.120. The van der Waals surface area contributed by atoms with Gasteiger partial charge in [-0.1, -0.05) is 36.4 Å². The standard InChI is InChI=1S/C25H20F2N6O/c1-14-11-17(12-15(2)29-14)21-22(16-7-4-3-5-8-16)30-24(28)33-23(21)31-32(25(33)34)13-18-19(26)9-6-10-20(18)27/h3-12H,13H2,1-2H3,(H2,28,29,30,31)/p+1. The molecule has 5 rings (SSSR count). The van der Waals surface area contributed by atoms with Crippen molar-refractivity contribution in [3.05, 3.63) is 99.7 Å². The molecule has 34 heavy (non-hydrogen) atoms. The summed E-state index contributed by atoms with van der Waals surface area (Å²) in [6, 6.07) is 16.8. The molecule has 0 saturated carbocycles. The molecule has 0 aliphatic heterocycles. The van der Waals surface area contributed by atoms with Crippen molar-refractivity contribution < 1.29 is 13.2 Å². The van der Waals surface area contributed by atoms with E-state index < -0.39 is 17.3 Å². The molecule has 3 N–H and O–H groups in total. The number of pyridine rings is 1. The van der Waals surface area contributed by atoms with E-state index in [1.165, 1.54) is 10.5 Å². The molecular formula is C25H21F2N6O+. The van der Waals surface area contributed by atoms with Crippen molar-refractivity contribution in [2.45, 2.75) is 20.4 Å². The Morgan fingerprint density at radius 2 is 1.59 bits per heavy atom. The van der Waals surface area contributed by atoms with Gasteiger partial charge in [0.15, 0.2) is 0 Å². The van der Waals surface area contributed by atoms with Crippen LogP contribution in [0, 0.1) is 25.5 Å². The van der Waals surface area contributed by atoms with E-state index in [1.54, 1.807) is 0 Å². The minimum absolute atomic E-state index is 0.0471. The van der Waals surface area contributed by atoms with Gasteiger partial charge in [0.25, 0.3) is 0 Å². The predicted octanol–water partition coefficient (Wildman–Crippen LogP) is 3.56. The first-order chi connectivity index (χ1) is 16.3. The molecule has 0 atom stereocenters. The molecule has 3 aromatic heterocycles. The summed E-state index contributed by atoms with van der Waals surface area (Å²) in [5.74, 6) is -1.53. The van der Waals surface area contributed by atoms with Crippen molar-refractivity contribution in [3.8, 4) is 22.4 Å². The van der Waals surface area contributed by atoms with Crippen molar-refractivity contribution in [2.24, 2.45) is 0 Å². The van der Waals surface area contributed by atoms with Gasteiger partial charge in [0.2, 0.25) is 5.65 Å². The van der Waals surface area contributed by atoms with Gasteiger partial charge in [-0.05, 0) is 43.7 Å². The highest BCUT2D eigenvalue weighted by molar-refractivity contribution is 5.88. The summed E-state index contributed by atoms with van der Waals surface area (Å²) in [6.45, 7) is 3.41. The third-order valence-corrected chi connectivity index (χ3v) is 5.61. The number of benzene rings is 2. The summed E-state index contributed by atoms with van der Waals surface area (Å²) in [6.07, 6.45) is 0. The Hall–Kier alpha value is -4.40. The first-order valence-electron chi connectivity index (χ1n) is 10.6. The second-order valence-electron chi connectivity index (χ2n) is 8.06. The number of aromatic nitrogens is 5. The van der Waals surface area contributed by atoms with Crippen LogP contribution >= 0.6 is 0 Å². The van der Waals surface area contributed by atoms with Crippen LogP contribution in [0.2, 0.25) is 0 Å². The van der Waals surface area contributed by atoms with Crippen LogP contribution in [0.3, 0.4) is 0 Å². The third kappa shape index (κ3) is 3.61. The van der Waals surface area contributed by atoms with E-state index in [4.69, 9.17) is 5.73 Å². The molecule has 0 aliphatic carbocycles.